The van der Waals surface area contributed by atoms with E-state index in [9.17, 15) is 0 Å². The first-order chi connectivity index (χ1) is 6.93. The summed E-state index contributed by atoms with van der Waals surface area (Å²) in [5.41, 5.74) is 0. The average molecular weight is 195 g/mol. The van der Waals surface area contributed by atoms with E-state index in [1.165, 1.54) is 64.2 Å². The third-order valence-electron chi connectivity index (χ3n) is 3.44. The highest BCUT2D eigenvalue weighted by atomic mass is 14.3. The predicted octanol–water partition coefficient (Wildman–Crippen LogP) is 4.56. The van der Waals surface area contributed by atoms with Gasteiger partial charge >= 0.3 is 0 Å². The van der Waals surface area contributed by atoms with Crippen molar-refractivity contribution in [1.82, 2.24) is 0 Å². The summed E-state index contributed by atoms with van der Waals surface area (Å²) < 4.78 is 0. The van der Waals surface area contributed by atoms with Crippen LogP contribution in [0.5, 0.6) is 0 Å². The molecule has 1 N–H and O–H groups in total. The summed E-state index contributed by atoms with van der Waals surface area (Å²) >= 11 is 0. The maximum Gasteiger partial charge on any atom is -0.00477 e. The largest absolute Gasteiger partial charge is 0.313 e. The molecule has 1 aliphatic carbocycles. The van der Waals surface area contributed by atoms with E-state index in [1.807, 2.05) is 0 Å². The van der Waals surface area contributed by atoms with Gasteiger partial charge in [-0.1, -0.05) is 57.8 Å². The van der Waals surface area contributed by atoms with E-state index in [0.29, 0.717) is 0 Å². The maximum absolute atomic E-state index is 6.92. The first-order valence-corrected chi connectivity index (χ1v) is 6.42. The van der Waals surface area contributed by atoms with Gasteiger partial charge in [-0.3, -0.25) is 0 Å². The van der Waals surface area contributed by atoms with Crippen LogP contribution in [-0.4, -0.2) is 6.21 Å². The Morgan fingerprint density at radius 3 is 2.36 bits per heavy atom. The molecule has 0 radical (unpaired) electrons. The molecule has 0 amide bonds. The molecule has 1 rings (SSSR count). The van der Waals surface area contributed by atoms with Crippen molar-refractivity contribution < 1.29 is 0 Å². The maximum atomic E-state index is 6.92. The quantitative estimate of drug-likeness (QED) is 0.455. The van der Waals surface area contributed by atoms with E-state index in [2.05, 4.69) is 0 Å². The van der Waals surface area contributed by atoms with E-state index in [0.717, 1.165) is 12.3 Å². The molecule has 1 nitrogen and oxygen atoms in total. The first kappa shape index (κ1) is 11.7. The number of nitrogens with one attached hydrogen (secondary N) is 1. The van der Waals surface area contributed by atoms with E-state index < -0.39 is 0 Å². The molecule has 1 aliphatic rings. The molecule has 0 bridgehead atoms. The summed E-state index contributed by atoms with van der Waals surface area (Å²) in [6, 6.07) is 0. The van der Waals surface area contributed by atoms with Crippen LogP contribution in [-0.2, 0) is 0 Å². The lowest BCUT2D eigenvalue weighted by molar-refractivity contribution is 0.328. The Kier molecular flexibility index (Phi) is 6.73. The van der Waals surface area contributed by atoms with E-state index in [4.69, 9.17) is 5.41 Å². The summed E-state index contributed by atoms with van der Waals surface area (Å²) in [6.07, 6.45) is 16.9. The van der Waals surface area contributed by atoms with Gasteiger partial charge in [0, 0.05) is 0 Å². The molecule has 0 aliphatic heterocycles. The number of hydrogen-bond donors (Lipinski definition) is 1. The van der Waals surface area contributed by atoms with Crippen molar-refractivity contribution in [3.05, 3.63) is 0 Å². The summed E-state index contributed by atoms with van der Waals surface area (Å²) in [5, 5.41) is 6.92. The fourth-order valence-electron chi connectivity index (χ4n) is 2.51. The van der Waals surface area contributed by atoms with Gasteiger partial charge in [0.2, 0.25) is 0 Å². The van der Waals surface area contributed by atoms with Crippen LogP contribution in [0.25, 0.3) is 0 Å². The molecule has 0 saturated heterocycles. The van der Waals surface area contributed by atoms with Crippen molar-refractivity contribution in [3.63, 3.8) is 0 Å². The minimum atomic E-state index is 0.990. The van der Waals surface area contributed by atoms with Crippen LogP contribution in [0.2, 0.25) is 0 Å². The van der Waals surface area contributed by atoms with E-state index >= 15 is 0 Å². The fourth-order valence-corrected chi connectivity index (χ4v) is 2.51. The molecule has 1 fully saturated rings. The van der Waals surface area contributed by atoms with Crippen molar-refractivity contribution in [2.24, 2.45) is 5.92 Å². The van der Waals surface area contributed by atoms with Gasteiger partial charge in [-0.15, -0.1) is 0 Å². The van der Waals surface area contributed by atoms with Gasteiger partial charge in [-0.05, 0) is 25.0 Å². The Balaban J connectivity index is 1.85. The first-order valence-electron chi connectivity index (χ1n) is 6.42. The van der Waals surface area contributed by atoms with Gasteiger partial charge in [0.05, 0.1) is 0 Å². The van der Waals surface area contributed by atoms with Crippen molar-refractivity contribution >= 4 is 6.21 Å². The van der Waals surface area contributed by atoms with Crippen molar-refractivity contribution in [2.75, 3.05) is 0 Å². The summed E-state index contributed by atoms with van der Waals surface area (Å²) in [4.78, 5) is 0. The van der Waals surface area contributed by atoms with E-state index in [1.54, 1.807) is 6.21 Å². The highest BCUT2D eigenvalue weighted by Crippen LogP contribution is 2.27. The lowest BCUT2D eigenvalue weighted by Gasteiger charge is -2.21. The average Bonchev–Trinajstić information content (AvgIpc) is 2.25. The topological polar surface area (TPSA) is 23.9 Å². The minimum absolute atomic E-state index is 0.990. The Morgan fingerprint density at radius 1 is 0.929 bits per heavy atom. The molecule has 1 saturated carbocycles. The monoisotopic (exact) mass is 195 g/mol. The predicted molar refractivity (Wildman–Crippen MR) is 63.1 cm³/mol. The molecule has 82 valence electrons. The molecule has 0 spiro atoms. The summed E-state index contributed by atoms with van der Waals surface area (Å²) in [6.45, 7) is 0. The van der Waals surface area contributed by atoms with Crippen LogP contribution in [0, 0.1) is 11.3 Å². The summed E-state index contributed by atoms with van der Waals surface area (Å²) in [7, 11) is 0. The van der Waals surface area contributed by atoms with Crippen molar-refractivity contribution in [1.29, 1.82) is 5.41 Å². The standard InChI is InChI=1S/C13H25N/c14-12-8-3-1-2-5-9-13-10-6-4-7-11-13/h12-14H,1-11H2. The van der Waals surface area contributed by atoms with Crippen molar-refractivity contribution in [2.45, 2.75) is 70.6 Å². The Bertz CT molecular complexity index is 136. The molecule has 1 heteroatoms. The Morgan fingerprint density at radius 2 is 1.64 bits per heavy atom. The van der Waals surface area contributed by atoms with Crippen LogP contribution in [0.3, 0.4) is 0 Å². The highest BCUT2D eigenvalue weighted by molar-refractivity contribution is 5.52. The van der Waals surface area contributed by atoms with Crippen LogP contribution in [0.4, 0.5) is 0 Å². The third-order valence-corrected chi connectivity index (χ3v) is 3.44. The summed E-state index contributed by atoms with van der Waals surface area (Å²) in [5.74, 6) is 1.06. The molecule has 0 unspecified atom stereocenters. The second-order valence-electron chi connectivity index (χ2n) is 4.70. The zero-order chi connectivity index (χ0) is 10.1. The fraction of sp³-hybridized carbons (Fsp3) is 0.923. The van der Waals surface area contributed by atoms with Crippen LogP contribution in [0.15, 0.2) is 0 Å². The zero-order valence-electron chi connectivity index (χ0n) is 9.43. The smallest absolute Gasteiger partial charge is 0.00477 e. The third kappa shape index (κ3) is 5.41. The minimum Gasteiger partial charge on any atom is -0.313 e. The van der Waals surface area contributed by atoms with Gasteiger partial charge in [0.1, 0.15) is 0 Å². The van der Waals surface area contributed by atoms with Crippen LogP contribution < -0.4 is 0 Å². The van der Waals surface area contributed by atoms with Gasteiger partial charge in [-0.25, -0.2) is 0 Å². The molecular weight excluding hydrogens is 170 g/mol. The molecule has 0 aromatic carbocycles. The Hall–Kier alpha value is -0.330. The van der Waals surface area contributed by atoms with Gasteiger partial charge in [0.25, 0.3) is 0 Å². The number of hydrogen-bond acceptors (Lipinski definition) is 1. The van der Waals surface area contributed by atoms with Crippen molar-refractivity contribution in [3.8, 4) is 0 Å². The van der Waals surface area contributed by atoms with Crippen LogP contribution >= 0.6 is 0 Å². The lowest BCUT2D eigenvalue weighted by atomic mass is 9.85. The highest BCUT2D eigenvalue weighted by Gasteiger charge is 2.12. The van der Waals surface area contributed by atoms with Gasteiger partial charge in [-0.2, -0.15) is 0 Å². The number of unbranched alkanes of at least 4 members (excludes halogenated alkanes) is 4. The van der Waals surface area contributed by atoms with Gasteiger partial charge < -0.3 is 5.41 Å². The molecular formula is C13H25N. The molecule has 0 aromatic rings. The zero-order valence-corrected chi connectivity index (χ0v) is 9.43. The molecule has 0 heterocycles. The molecule has 0 atom stereocenters. The van der Waals surface area contributed by atoms with Crippen LogP contribution in [0.1, 0.15) is 70.6 Å². The second kappa shape index (κ2) is 8.02. The van der Waals surface area contributed by atoms with Gasteiger partial charge in [0.15, 0.2) is 0 Å². The van der Waals surface area contributed by atoms with E-state index in [-0.39, 0.29) is 0 Å². The lowest BCUT2D eigenvalue weighted by Crippen LogP contribution is -2.05. The Labute approximate surface area is 88.8 Å². The SMILES string of the molecule is N=CCCCCCCC1CCCCC1. The second-order valence-corrected chi connectivity index (χ2v) is 4.70. The molecule has 0 aromatic heterocycles. The normalized spacial score (nSPS) is 18.3. The number of rotatable bonds is 7. The molecule has 14 heavy (non-hydrogen) atoms.